The number of esters is 5. The van der Waals surface area contributed by atoms with E-state index in [4.69, 9.17) is 70.0 Å². The molecule has 29 nitrogen and oxygen atoms in total. The fourth-order valence-corrected chi connectivity index (χ4v) is 14.1. The molecule has 0 aromatic heterocycles. The molecule has 0 aliphatic heterocycles. The van der Waals surface area contributed by atoms with E-state index >= 15 is 0 Å². The Bertz CT molecular complexity index is 4350. The van der Waals surface area contributed by atoms with Gasteiger partial charge in [0.1, 0.15) is 46.8 Å². The van der Waals surface area contributed by atoms with Crippen LogP contribution in [0.3, 0.4) is 0 Å². The van der Waals surface area contributed by atoms with Gasteiger partial charge in [0.2, 0.25) is 0 Å². The molecule has 0 spiro atoms. The first-order chi connectivity index (χ1) is 63.9. The SMILES string of the molecule is [C-]#[N+]/C(=C\c1ccc(N(C)CCOC2CCC(OCCN(C)c3ccc(/C=C(\C#N)C(=O)OCC)cc3)C(OCCN(C)c3ccc(/C=C(\C#N)C(=C)OCC)cc3)CCC(OCCN(C)c3ccc(/C=C(\C#N)C(=O)OCC)cc3)C(OCCN(C)c3ccc(/C=C(\C#N)C(=O)OCC)cc3)CCC2OCCN(C)c2ccc(/C=C(\[N+]#[C-])C(=O)OCC)cc2)cc1)C(=O)OCC. The van der Waals surface area contributed by atoms with E-state index in [-0.39, 0.29) is 107 Å². The third-order valence-corrected chi connectivity index (χ3v) is 21.7. The molecule has 132 heavy (non-hydrogen) atoms. The van der Waals surface area contributed by atoms with Crippen LogP contribution in [0.1, 0.15) is 113 Å². The summed E-state index contributed by atoms with van der Waals surface area (Å²) in [6, 6.07) is 53.2. The number of allylic oxidation sites excluding steroid dienone is 1. The Labute approximate surface area is 777 Å². The molecule has 0 saturated heterocycles. The highest BCUT2D eigenvalue weighted by Gasteiger charge is 2.35. The van der Waals surface area contributed by atoms with Gasteiger partial charge in [0, 0.05) is 116 Å². The Balaban J connectivity index is 1.35. The van der Waals surface area contributed by atoms with E-state index in [1.54, 1.807) is 40.7 Å². The third-order valence-electron chi connectivity index (χ3n) is 21.7. The lowest BCUT2D eigenvalue weighted by Gasteiger charge is -2.37. The standard InChI is InChI=1S/C103H122N12O17/c1-16-121-74(7)81(70-104)64-75-22-34-85(35-23-75)110(10)52-58-127-93-46-47-95(129-60-54-112(12)87-38-26-77(27-39-87)66-83(72-106)100(117)123-18-3)96(130-61-55-113(13)88-40-28-78(29-41-88)67-84(73-107)101(118)124-19-4)49-51-98(132-63-57-115(15)90-44-32-80(33-45-90)69-92(109-9)103(120)126-21-6)97(131-62-56-114(14)89-42-30-79(31-43-89)68-91(108-8)102(119)125-20-5)50-48-94(93)128-59-53-111(11)86-36-24-76(25-37-86)65-82(71-105)99(116)122-17-2/h22-45,64-69,93-98H,7,16-21,46-63H2,1-6,10-15H3/b81-64+,82-65+,83-66+,84-67+,91-68-,92-69-. The van der Waals surface area contributed by atoms with Gasteiger partial charge in [-0.05, 0) is 223 Å². The molecule has 696 valence electrons. The molecule has 1 aliphatic carbocycles. The summed E-state index contributed by atoms with van der Waals surface area (Å²) in [7, 11) is 11.8. The van der Waals surface area contributed by atoms with Gasteiger partial charge in [0.15, 0.2) is 0 Å². The molecule has 1 aliphatic rings. The minimum Gasteiger partial charge on any atom is -0.493 e. The van der Waals surface area contributed by atoms with Crippen molar-refractivity contribution in [3.63, 3.8) is 0 Å². The van der Waals surface area contributed by atoms with E-state index in [0.29, 0.717) is 118 Å². The van der Waals surface area contributed by atoms with Crippen LogP contribution in [0.2, 0.25) is 0 Å². The molecule has 0 amide bonds. The highest BCUT2D eigenvalue weighted by atomic mass is 16.6. The van der Waals surface area contributed by atoms with Crippen molar-refractivity contribution in [2.24, 2.45) is 0 Å². The predicted octanol–water partition coefficient (Wildman–Crippen LogP) is 16.0. The molecule has 6 aromatic rings. The lowest BCUT2D eigenvalue weighted by Crippen LogP contribution is -2.43. The molecule has 0 radical (unpaired) electrons. The summed E-state index contributed by atoms with van der Waals surface area (Å²) in [6.07, 6.45) is 8.07. The fraction of sp³-hybridized carbons (Fsp3) is 0.408. The second-order valence-corrected chi connectivity index (χ2v) is 30.7. The lowest BCUT2D eigenvalue weighted by atomic mass is 9.92. The van der Waals surface area contributed by atoms with Crippen LogP contribution in [-0.2, 0) is 80.8 Å². The van der Waals surface area contributed by atoms with Crippen LogP contribution in [0.15, 0.2) is 192 Å². The maximum atomic E-state index is 12.7. The molecule has 1 saturated carbocycles. The number of hydrogen-bond donors (Lipinski definition) is 0. The molecule has 0 heterocycles. The van der Waals surface area contributed by atoms with Crippen molar-refractivity contribution in [1.82, 2.24) is 0 Å². The summed E-state index contributed by atoms with van der Waals surface area (Å²) in [5.41, 5.74) is 8.67. The number of hydrogen-bond acceptors (Lipinski definition) is 27. The molecule has 29 heteroatoms. The minimum atomic E-state index is -0.712. The highest BCUT2D eigenvalue weighted by Crippen LogP contribution is 2.32. The van der Waals surface area contributed by atoms with E-state index in [1.165, 1.54) is 30.4 Å². The van der Waals surface area contributed by atoms with Crippen molar-refractivity contribution < 1.29 is 80.8 Å². The van der Waals surface area contributed by atoms with Gasteiger partial charge in [0.25, 0.3) is 11.4 Å². The zero-order valence-electron chi connectivity index (χ0n) is 77.8. The smallest absolute Gasteiger partial charge is 0.348 e. The van der Waals surface area contributed by atoms with E-state index in [1.807, 2.05) is 213 Å². The first-order valence-corrected chi connectivity index (χ1v) is 44.3. The molecule has 6 unspecified atom stereocenters. The Morgan fingerprint density at radius 1 is 0.303 bits per heavy atom. The van der Waals surface area contributed by atoms with Crippen molar-refractivity contribution >= 4 is 100 Å². The highest BCUT2D eigenvalue weighted by molar-refractivity contribution is 6.00. The van der Waals surface area contributed by atoms with Crippen molar-refractivity contribution in [3.8, 4) is 24.3 Å². The number of carbonyl (C=O) groups is 5. The van der Waals surface area contributed by atoms with Crippen molar-refractivity contribution in [1.29, 1.82) is 21.0 Å². The number of anilines is 6. The van der Waals surface area contributed by atoms with Gasteiger partial charge in [-0.2, -0.15) is 21.0 Å². The van der Waals surface area contributed by atoms with Crippen molar-refractivity contribution in [3.05, 3.63) is 248 Å². The molecular formula is C103H122N12O17. The summed E-state index contributed by atoms with van der Waals surface area (Å²) in [5, 5.41) is 39.6. The van der Waals surface area contributed by atoms with Crippen LogP contribution in [0, 0.1) is 58.5 Å². The summed E-state index contributed by atoms with van der Waals surface area (Å²) in [6.45, 7) is 34.3. The number of carbonyl (C=O) groups excluding carboxylic acids is 5. The molecule has 6 atom stereocenters. The van der Waals surface area contributed by atoms with Gasteiger partial charge in [-0.25, -0.2) is 24.1 Å². The normalized spacial score (nSPS) is 16.2. The number of ether oxygens (including phenoxy) is 12. The number of nitriles is 4. The van der Waals surface area contributed by atoms with Gasteiger partial charge in [-0.3, -0.25) is 9.59 Å². The summed E-state index contributed by atoms with van der Waals surface area (Å²) in [5.74, 6) is -3.27. The maximum Gasteiger partial charge on any atom is 0.348 e. The Hall–Kier alpha value is -13.9. The van der Waals surface area contributed by atoms with E-state index in [9.17, 15) is 45.0 Å². The molecule has 0 bridgehead atoms. The van der Waals surface area contributed by atoms with Gasteiger partial charge in [0.05, 0.1) is 135 Å². The van der Waals surface area contributed by atoms with Gasteiger partial charge in [-0.1, -0.05) is 79.4 Å². The zero-order chi connectivity index (χ0) is 95.7. The maximum absolute atomic E-state index is 12.7. The average Bonchev–Trinajstić information content (AvgIpc) is 0.853. The molecule has 6 aromatic carbocycles. The second-order valence-electron chi connectivity index (χ2n) is 30.7. The number of nitrogens with zero attached hydrogens (tertiary/aromatic N) is 12. The summed E-state index contributed by atoms with van der Waals surface area (Å²) in [4.78, 5) is 82.5. The van der Waals surface area contributed by atoms with E-state index < -0.39 is 66.5 Å². The average molecular weight is 1800 g/mol. The molecule has 0 N–H and O–H groups in total. The Morgan fingerprint density at radius 3 is 0.652 bits per heavy atom. The molecular weight excluding hydrogens is 1680 g/mol. The Kier molecular flexibility index (Phi) is 45.6. The van der Waals surface area contributed by atoms with Crippen LogP contribution in [0.5, 0.6) is 0 Å². The first kappa shape index (κ1) is 105. The molecule has 7 rings (SSSR count). The molecule has 1 fully saturated rings. The van der Waals surface area contributed by atoms with Crippen LogP contribution in [-0.4, -0.2) is 227 Å². The fourth-order valence-electron chi connectivity index (χ4n) is 14.1. The minimum absolute atomic E-state index is 0.117. The number of rotatable bonds is 49. The summed E-state index contributed by atoms with van der Waals surface area (Å²) >= 11 is 0. The van der Waals surface area contributed by atoms with Gasteiger partial charge >= 0.3 is 29.8 Å². The number of likely N-dealkylation sites (N-methyl/N-ethyl adjacent to an activating group) is 6. The van der Waals surface area contributed by atoms with Gasteiger partial charge < -0.3 is 86.2 Å². The quantitative estimate of drug-likeness (QED) is 0.00651. The largest absolute Gasteiger partial charge is 0.493 e. The lowest BCUT2D eigenvalue weighted by molar-refractivity contribution is -0.138. The first-order valence-electron chi connectivity index (χ1n) is 44.3. The zero-order valence-corrected chi connectivity index (χ0v) is 77.8. The third kappa shape index (κ3) is 34.5. The number of benzene rings is 6. The topological polar surface area (TPSA) is 319 Å². The van der Waals surface area contributed by atoms with E-state index in [0.717, 1.165) is 39.7 Å². The van der Waals surface area contributed by atoms with Crippen LogP contribution in [0.25, 0.3) is 46.1 Å². The van der Waals surface area contributed by atoms with Crippen LogP contribution in [0.4, 0.5) is 34.1 Å². The van der Waals surface area contributed by atoms with E-state index in [2.05, 4.69) is 51.7 Å². The second kappa shape index (κ2) is 57.3. The van der Waals surface area contributed by atoms with Crippen molar-refractivity contribution in [2.75, 3.05) is 190 Å². The van der Waals surface area contributed by atoms with Crippen LogP contribution < -0.4 is 29.4 Å². The van der Waals surface area contributed by atoms with Crippen LogP contribution >= 0.6 is 0 Å². The predicted molar refractivity (Wildman–Crippen MR) is 512 cm³/mol. The van der Waals surface area contributed by atoms with Gasteiger partial charge in [-0.15, -0.1) is 0 Å². The monoisotopic (exact) mass is 1800 g/mol. The Morgan fingerprint density at radius 2 is 0.477 bits per heavy atom. The van der Waals surface area contributed by atoms with Crippen molar-refractivity contribution in [2.45, 2.75) is 117 Å². The summed E-state index contributed by atoms with van der Waals surface area (Å²) < 4.78 is 75.1.